The summed E-state index contributed by atoms with van der Waals surface area (Å²) in [5.41, 5.74) is 0.190. The maximum atomic E-state index is 13.4. The highest BCUT2D eigenvalue weighted by Gasteiger charge is 2.34. The fourth-order valence-corrected chi connectivity index (χ4v) is 6.35. The molecule has 1 saturated heterocycles. The molecule has 15 heteroatoms. The van der Waals surface area contributed by atoms with E-state index in [1.165, 1.54) is 21.3 Å². The number of carbonyl (C=O) groups excluding carboxylic acids is 3. The Kier molecular flexibility index (Phi) is 23.8. The zero-order valence-electron chi connectivity index (χ0n) is 36.6. The van der Waals surface area contributed by atoms with Gasteiger partial charge < -0.3 is 43.2 Å². The van der Waals surface area contributed by atoms with Gasteiger partial charge in [-0.2, -0.15) is 0 Å². The van der Waals surface area contributed by atoms with Crippen molar-refractivity contribution < 1.29 is 52.3 Å². The number of benzene rings is 1. The molecular weight excluding hydrogens is 736 g/mol. The Morgan fingerprint density at radius 2 is 1.07 bits per heavy atom. The number of nitrogens with one attached hydrogen (secondary N) is 1. The van der Waals surface area contributed by atoms with Gasteiger partial charge in [0.1, 0.15) is 30.5 Å². The number of hydrogen-bond acceptors (Lipinski definition) is 15. The Morgan fingerprint density at radius 1 is 0.632 bits per heavy atom. The van der Waals surface area contributed by atoms with Gasteiger partial charge in [-0.1, -0.05) is 12.1 Å². The highest BCUT2D eigenvalue weighted by atomic mass is 16.6. The van der Waals surface area contributed by atoms with Gasteiger partial charge in [0.25, 0.3) is 0 Å². The Labute approximate surface area is 342 Å². The highest BCUT2D eigenvalue weighted by molar-refractivity contribution is 5.76. The number of nitrogens with zero attached hydrogens (tertiary/aromatic N) is 3. The van der Waals surface area contributed by atoms with Crippen LogP contribution in [0.1, 0.15) is 66.9 Å². The van der Waals surface area contributed by atoms with Crippen molar-refractivity contribution in [3.05, 3.63) is 29.8 Å². The molecule has 1 N–H and O–H groups in total. The van der Waals surface area contributed by atoms with E-state index in [0.717, 1.165) is 24.2 Å². The molecule has 0 spiro atoms. The fraction of sp³-hybridized carbons (Fsp3) is 0.786. The minimum Gasteiger partial charge on any atom is -0.491 e. The minimum absolute atomic E-state index is 0.109. The second kappa shape index (κ2) is 27.0. The number of ether oxygens (including phenoxy) is 8. The summed E-state index contributed by atoms with van der Waals surface area (Å²) >= 11 is 0. The molecule has 0 saturated carbocycles. The van der Waals surface area contributed by atoms with Crippen LogP contribution < -0.4 is 10.1 Å². The van der Waals surface area contributed by atoms with E-state index in [9.17, 15) is 14.4 Å². The predicted molar refractivity (Wildman–Crippen MR) is 219 cm³/mol. The third-order valence-electron chi connectivity index (χ3n) is 9.53. The summed E-state index contributed by atoms with van der Waals surface area (Å²) in [4.78, 5) is 46.2. The molecule has 1 aliphatic rings. The van der Waals surface area contributed by atoms with Gasteiger partial charge in [0.15, 0.2) is 0 Å². The largest absolute Gasteiger partial charge is 0.491 e. The van der Waals surface area contributed by atoms with Gasteiger partial charge in [-0.25, -0.2) is 0 Å². The first kappa shape index (κ1) is 50.3. The molecule has 0 radical (unpaired) electrons. The van der Waals surface area contributed by atoms with Crippen molar-refractivity contribution in [2.75, 3.05) is 120 Å². The van der Waals surface area contributed by atoms with Crippen molar-refractivity contribution in [1.29, 1.82) is 0 Å². The average Bonchev–Trinajstić information content (AvgIpc) is 3.17. The first-order valence-corrected chi connectivity index (χ1v) is 20.4. The molecule has 1 aromatic rings. The molecule has 3 atom stereocenters. The normalized spacial score (nSPS) is 17.4. The third kappa shape index (κ3) is 20.6. The Morgan fingerprint density at radius 3 is 1.54 bits per heavy atom. The lowest BCUT2D eigenvalue weighted by Crippen LogP contribution is -2.56. The van der Waals surface area contributed by atoms with E-state index in [1.807, 2.05) is 82.5 Å². The average molecular weight is 811 g/mol. The lowest BCUT2D eigenvalue weighted by atomic mass is 10.0. The van der Waals surface area contributed by atoms with Gasteiger partial charge in [0, 0.05) is 59.0 Å². The number of hydrogen-bond donors (Lipinski definition) is 1. The van der Waals surface area contributed by atoms with Gasteiger partial charge in [0.2, 0.25) is 0 Å². The van der Waals surface area contributed by atoms with Crippen molar-refractivity contribution >= 4 is 17.9 Å². The van der Waals surface area contributed by atoms with E-state index in [-0.39, 0.29) is 25.2 Å². The molecule has 1 fully saturated rings. The van der Waals surface area contributed by atoms with Crippen LogP contribution in [-0.2, 0) is 54.0 Å². The Balaban J connectivity index is 2.25. The molecule has 1 aliphatic heterocycles. The summed E-state index contributed by atoms with van der Waals surface area (Å²) in [7, 11) is 4.18. The third-order valence-corrected chi connectivity index (χ3v) is 9.53. The molecule has 1 aromatic carbocycles. The van der Waals surface area contributed by atoms with Crippen LogP contribution in [0.15, 0.2) is 24.3 Å². The molecule has 15 nitrogen and oxygen atoms in total. The first-order valence-electron chi connectivity index (χ1n) is 20.4. The summed E-state index contributed by atoms with van der Waals surface area (Å²) in [5.74, 6) is -0.327. The molecule has 0 bridgehead atoms. The lowest BCUT2D eigenvalue weighted by Gasteiger charge is -2.38. The van der Waals surface area contributed by atoms with Crippen LogP contribution in [0.2, 0.25) is 0 Å². The Bertz CT molecular complexity index is 1270. The maximum absolute atomic E-state index is 13.4. The van der Waals surface area contributed by atoms with Crippen LogP contribution in [0.5, 0.6) is 5.75 Å². The van der Waals surface area contributed by atoms with Crippen molar-refractivity contribution in [3.63, 3.8) is 0 Å². The van der Waals surface area contributed by atoms with Gasteiger partial charge >= 0.3 is 17.9 Å². The summed E-state index contributed by atoms with van der Waals surface area (Å²) in [5, 5.41) is 3.51. The van der Waals surface area contributed by atoms with Crippen molar-refractivity contribution in [2.24, 2.45) is 0 Å². The predicted octanol–water partition coefficient (Wildman–Crippen LogP) is 3.21. The van der Waals surface area contributed by atoms with Crippen LogP contribution in [0.3, 0.4) is 0 Å². The molecular formula is C42H74N4O11. The number of rotatable bonds is 22. The van der Waals surface area contributed by atoms with Crippen molar-refractivity contribution in [3.8, 4) is 5.75 Å². The number of carbonyl (C=O) groups is 3. The topological polar surface area (TPSA) is 147 Å². The second-order valence-corrected chi connectivity index (χ2v) is 16.0. The standard InChI is InChI=1S/C42H74N4O11/c1-11-53-27-28-54-29-30-55-34-17-15-33(16-18-34)13-12-14-35(38(47)50-8)44-21-19-43-20-22-45(36(39(48)51-9)31-56-41(2,3)4)24-26-46(25-23-44)37(40(49)52-10)32-57-42(5,6)7/h15-18,35-37,43H,11-14,19-32H2,1-10H3/t35-,36+,37-/m0/s1. The van der Waals surface area contributed by atoms with E-state index < -0.39 is 35.3 Å². The molecule has 328 valence electrons. The van der Waals surface area contributed by atoms with E-state index in [4.69, 9.17) is 37.9 Å². The van der Waals surface area contributed by atoms with E-state index >= 15 is 0 Å². The first-order chi connectivity index (χ1) is 27.1. The quantitative estimate of drug-likeness (QED) is 0.104. The molecule has 0 amide bonds. The van der Waals surface area contributed by atoms with Crippen LogP contribution in [-0.4, -0.2) is 182 Å². The van der Waals surface area contributed by atoms with Crippen LogP contribution in [0.25, 0.3) is 0 Å². The molecule has 0 aromatic heterocycles. The summed E-state index contributed by atoms with van der Waals surface area (Å²) in [6.07, 6.45) is 2.11. The zero-order chi connectivity index (χ0) is 42.3. The summed E-state index contributed by atoms with van der Waals surface area (Å²) < 4.78 is 44.7. The molecule has 1 heterocycles. The zero-order valence-corrected chi connectivity index (χ0v) is 36.6. The van der Waals surface area contributed by atoms with E-state index in [1.54, 1.807) is 0 Å². The smallest absolute Gasteiger partial charge is 0.325 e. The Hall–Kier alpha value is -2.89. The summed E-state index contributed by atoms with van der Waals surface area (Å²) in [6.45, 7) is 20.6. The molecule has 0 unspecified atom stereocenters. The van der Waals surface area contributed by atoms with Gasteiger partial charge in [-0.3, -0.25) is 29.1 Å². The fourth-order valence-electron chi connectivity index (χ4n) is 6.35. The van der Waals surface area contributed by atoms with E-state index in [0.29, 0.717) is 91.8 Å². The van der Waals surface area contributed by atoms with Crippen molar-refractivity contribution in [2.45, 2.75) is 97.1 Å². The number of aryl methyl sites for hydroxylation is 1. The minimum atomic E-state index is -0.724. The van der Waals surface area contributed by atoms with Crippen LogP contribution >= 0.6 is 0 Å². The lowest BCUT2D eigenvalue weighted by molar-refractivity contribution is -0.155. The number of methoxy groups -OCH3 is 3. The number of esters is 3. The second-order valence-electron chi connectivity index (χ2n) is 16.0. The molecule has 2 rings (SSSR count). The van der Waals surface area contributed by atoms with Gasteiger partial charge in [-0.15, -0.1) is 0 Å². The SMILES string of the molecule is CCOCCOCCOc1ccc(CCC[C@@H](C(=O)OC)N2CCNCCN([C@H](COC(C)(C)C)C(=O)OC)CCN([C@@H](COC(C)(C)C)C(=O)OC)CC2)cc1. The molecule has 57 heavy (non-hydrogen) atoms. The maximum Gasteiger partial charge on any atom is 0.325 e. The van der Waals surface area contributed by atoms with Gasteiger partial charge in [0.05, 0.1) is 65.6 Å². The highest BCUT2D eigenvalue weighted by Crippen LogP contribution is 2.19. The van der Waals surface area contributed by atoms with Crippen LogP contribution in [0.4, 0.5) is 0 Å². The molecule has 0 aliphatic carbocycles. The van der Waals surface area contributed by atoms with Crippen molar-refractivity contribution in [1.82, 2.24) is 20.0 Å². The monoisotopic (exact) mass is 811 g/mol. The summed E-state index contributed by atoms with van der Waals surface area (Å²) in [6, 6.07) is 6.14. The van der Waals surface area contributed by atoms with E-state index in [2.05, 4.69) is 10.2 Å². The van der Waals surface area contributed by atoms with Gasteiger partial charge in [-0.05, 0) is 85.4 Å². The van der Waals surface area contributed by atoms with Crippen LogP contribution in [0, 0.1) is 0 Å².